The van der Waals surface area contributed by atoms with Crippen LogP contribution in [0.4, 0.5) is 5.69 Å². The van der Waals surface area contributed by atoms with E-state index in [2.05, 4.69) is 21.8 Å². The molecule has 2 aromatic carbocycles. The van der Waals surface area contributed by atoms with E-state index in [9.17, 15) is 38.4 Å². The van der Waals surface area contributed by atoms with E-state index in [1.54, 1.807) is 60.6 Å². The summed E-state index contributed by atoms with van der Waals surface area (Å²) in [6.07, 6.45) is -8.30. The third-order valence-corrected chi connectivity index (χ3v) is 18.4. The summed E-state index contributed by atoms with van der Waals surface area (Å²) in [5, 5.41) is 46.8. The molecule has 0 bridgehead atoms. The molecular formula is C56H89N3O16S. The second-order valence-corrected chi connectivity index (χ2v) is 24.4. The van der Waals surface area contributed by atoms with Gasteiger partial charge in [0.15, 0.2) is 12.6 Å². The molecule has 0 spiro atoms. The van der Waals surface area contributed by atoms with Gasteiger partial charge in [0, 0.05) is 76.3 Å². The highest BCUT2D eigenvalue weighted by atomic mass is 32.2. The number of esters is 1. The zero-order chi connectivity index (χ0) is 56.1. The Morgan fingerprint density at radius 1 is 0.868 bits per heavy atom. The van der Waals surface area contributed by atoms with Gasteiger partial charge in [-0.1, -0.05) is 45.9 Å². The standard InChI is InChI=1S/C56H89N3O16S/c1-14-44-56(10,65)49(62)35(4)46(60)33(2)31-55(9,69-13)51(36(5)48(37(6)52(64)73-44)74-45-32-54(8,68-12)50(63)38(7)72-45)75-53-47(61)43(30-34(3)71-53)58(11)26-17-29-70-40-20-22-41(23-21-40)76(66,67)57-25-28-59-27-24-39-18-15-16-19-42(39)59/h15-16,18-23,33-38,43-45,47-51,53,57,61-63,65H,14,17,24-32H2,1-13H3/t33-,34-,35+,36+,37-,38+,43+,44-,45+,47-,48+,49-,50+,51-,53+,54-,55-,56-/m1/s1. The zero-order valence-corrected chi connectivity index (χ0v) is 47.9. The largest absolute Gasteiger partial charge is 0.494 e. The molecule has 4 heterocycles. The van der Waals surface area contributed by atoms with Crippen molar-refractivity contribution < 1.29 is 76.3 Å². The minimum Gasteiger partial charge on any atom is -0.494 e. The molecule has 0 unspecified atom stereocenters. The van der Waals surface area contributed by atoms with Crippen LogP contribution in [0.25, 0.3) is 0 Å². The van der Waals surface area contributed by atoms with Crippen molar-refractivity contribution in [2.45, 2.75) is 197 Å². The van der Waals surface area contributed by atoms with Crippen molar-refractivity contribution in [2.75, 3.05) is 59.0 Å². The number of cyclic esters (lactones) is 1. The lowest BCUT2D eigenvalue weighted by Crippen LogP contribution is -2.61. The van der Waals surface area contributed by atoms with Crippen molar-refractivity contribution >= 4 is 27.5 Å². The van der Waals surface area contributed by atoms with Crippen molar-refractivity contribution in [1.82, 2.24) is 9.62 Å². The Hall–Kier alpha value is -3.35. The number of hydrogen-bond donors (Lipinski definition) is 5. The van der Waals surface area contributed by atoms with Crippen molar-refractivity contribution in [3.63, 3.8) is 0 Å². The van der Waals surface area contributed by atoms with Crippen molar-refractivity contribution in [1.29, 1.82) is 0 Å². The minimum atomic E-state index is -3.74. The number of sulfonamides is 1. The number of nitrogens with zero attached hydrogens (tertiary/aromatic N) is 2. The van der Waals surface area contributed by atoms with E-state index in [1.807, 2.05) is 37.9 Å². The summed E-state index contributed by atoms with van der Waals surface area (Å²) in [5.41, 5.74) is -2.03. The van der Waals surface area contributed by atoms with Crippen LogP contribution in [-0.4, -0.2) is 184 Å². The summed E-state index contributed by atoms with van der Waals surface area (Å²) in [4.78, 5) is 33.1. The van der Waals surface area contributed by atoms with Gasteiger partial charge in [-0.15, -0.1) is 0 Å². The Morgan fingerprint density at radius 3 is 2.20 bits per heavy atom. The van der Waals surface area contributed by atoms with Gasteiger partial charge in [-0.05, 0) is 117 Å². The molecule has 76 heavy (non-hydrogen) atoms. The molecule has 0 saturated carbocycles. The fraction of sp³-hybridized carbons (Fsp3) is 0.750. The third kappa shape index (κ3) is 14.0. The number of carbonyl (C=O) groups excluding carboxylic acids is 2. The number of ketones is 1. The number of Topliss-reactive ketones (excluding diaryl/α,β-unsaturated/α-hetero) is 1. The molecule has 18 atom stereocenters. The van der Waals surface area contributed by atoms with E-state index in [-0.39, 0.29) is 36.5 Å². The Bertz CT molecular complexity index is 2330. The number of ether oxygens (including phenoxy) is 8. The molecule has 5 N–H and O–H groups in total. The molecule has 430 valence electrons. The fourth-order valence-corrected chi connectivity index (χ4v) is 13.0. The van der Waals surface area contributed by atoms with Gasteiger partial charge in [0.1, 0.15) is 35.4 Å². The van der Waals surface area contributed by atoms with Crippen LogP contribution < -0.4 is 14.4 Å². The van der Waals surface area contributed by atoms with Crippen LogP contribution in [0.5, 0.6) is 5.75 Å². The van der Waals surface area contributed by atoms with Gasteiger partial charge >= 0.3 is 5.97 Å². The molecule has 0 radical (unpaired) electrons. The average Bonchev–Trinajstić information content (AvgIpc) is 3.81. The van der Waals surface area contributed by atoms with Gasteiger partial charge in [-0.25, -0.2) is 13.1 Å². The second kappa shape index (κ2) is 25.8. The SMILES string of the molecule is CC[C@H]1OC(=O)[C@H](C)[C@@H](O[C@H]2C[C@@](C)(OC)[C@@H](O)[C@H](C)O2)[C@H](C)[C@@H](O[C@@H]2O[C@H](C)C[C@H](N(C)CCCOc3ccc(S(=O)(=O)NCCN4CCc5ccccc54)cc3)[C@H]2O)[C@](C)(OC)C[C@@H](C)C(=O)[C@H](C)[C@@H](O)[C@]1(C)O. The van der Waals surface area contributed by atoms with E-state index >= 15 is 0 Å². The maximum Gasteiger partial charge on any atom is 0.311 e. The summed E-state index contributed by atoms with van der Waals surface area (Å²) in [6, 6.07) is 14.0. The first kappa shape index (κ1) is 61.9. The predicted molar refractivity (Wildman–Crippen MR) is 284 cm³/mol. The Balaban J connectivity index is 1.18. The highest BCUT2D eigenvalue weighted by molar-refractivity contribution is 7.89. The predicted octanol–water partition coefficient (Wildman–Crippen LogP) is 4.62. The van der Waals surface area contributed by atoms with Crippen LogP contribution in [0, 0.1) is 23.7 Å². The van der Waals surface area contributed by atoms with E-state index in [4.69, 9.17) is 37.9 Å². The van der Waals surface area contributed by atoms with E-state index < -0.39 is 124 Å². The van der Waals surface area contributed by atoms with Gasteiger partial charge in [0.25, 0.3) is 0 Å². The van der Waals surface area contributed by atoms with Crippen LogP contribution in [0.3, 0.4) is 0 Å². The maximum atomic E-state index is 14.5. The lowest BCUT2D eigenvalue weighted by molar-refractivity contribution is -0.319. The Morgan fingerprint density at radius 2 is 1.54 bits per heavy atom. The number of para-hydroxylation sites is 1. The first-order chi connectivity index (χ1) is 35.7. The van der Waals surface area contributed by atoms with Crippen LogP contribution in [-0.2, 0) is 59.2 Å². The van der Waals surface area contributed by atoms with Crippen LogP contribution in [0.1, 0.15) is 107 Å². The van der Waals surface area contributed by atoms with Crippen LogP contribution in [0.2, 0.25) is 0 Å². The summed E-state index contributed by atoms with van der Waals surface area (Å²) >= 11 is 0. The Kier molecular flexibility index (Phi) is 21.0. The van der Waals surface area contributed by atoms with E-state index in [0.29, 0.717) is 38.3 Å². The number of anilines is 1. The van der Waals surface area contributed by atoms with E-state index in [1.165, 1.54) is 38.8 Å². The molecule has 4 aliphatic rings. The summed E-state index contributed by atoms with van der Waals surface area (Å²) in [6.45, 7) is 19.4. The molecule has 3 saturated heterocycles. The first-order valence-corrected chi connectivity index (χ1v) is 28.7. The van der Waals surface area contributed by atoms with Crippen molar-refractivity contribution in [3.05, 3.63) is 54.1 Å². The molecule has 20 heteroatoms. The average molecular weight is 1090 g/mol. The van der Waals surface area contributed by atoms with Crippen LogP contribution >= 0.6 is 0 Å². The maximum absolute atomic E-state index is 14.5. The number of hydrogen-bond acceptors (Lipinski definition) is 18. The molecule has 6 rings (SSSR count). The number of methoxy groups -OCH3 is 2. The van der Waals surface area contributed by atoms with E-state index in [0.717, 1.165) is 18.7 Å². The number of aliphatic hydroxyl groups is 4. The molecule has 4 aliphatic heterocycles. The number of aliphatic hydroxyl groups excluding tert-OH is 3. The zero-order valence-electron chi connectivity index (χ0n) is 47.0. The molecule has 3 fully saturated rings. The van der Waals surface area contributed by atoms with Gasteiger partial charge in [-0.3, -0.25) is 9.59 Å². The Labute approximate surface area is 451 Å². The minimum absolute atomic E-state index is 0.0516. The second-order valence-electron chi connectivity index (χ2n) is 22.6. The fourth-order valence-electron chi connectivity index (χ4n) is 11.9. The van der Waals surface area contributed by atoms with Crippen molar-refractivity contribution in [3.8, 4) is 5.75 Å². The number of carbonyl (C=O) groups is 2. The quantitative estimate of drug-likeness (QED) is 0.101. The number of rotatable bonds is 18. The first-order valence-electron chi connectivity index (χ1n) is 27.2. The number of likely N-dealkylation sites (N-methyl/N-ethyl adjacent to an activating group) is 1. The van der Waals surface area contributed by atoms with Crippen molar-refractivity contribution in [2.24, 2.45) is 23.7 Å². The monoisotopic (exact) mass is 1090 g/mol. The number of nitrogens with one attached hydrogen (secondary N) is 1. The third-order valence-electron chi connectivity index (χ3n) is 16.9. The van der Waals surface area contributed by atoms with Gasteiger partial charge in [0.2, 0.25) is 10.0 Å². The van der Waals surface area contributed by atoms with Crippen LogP contribution in [0.15, 0.2) is 53.4 Å². The smallest absolute Gasteiger partial charge is 0.311 e. The number of benzene rings is 2. The molecule has 0 amide bonds. The summed E-state index contributed by atoms with van der Waals surface area (Å²) in [7, 11) is 1.15. The molecule has 2 aromatic rings. The van der Waals surface area contributed by atoms with Gasteiger partial charge < -0.3 is 68.1 Å². The lowest BCUT2D eigenvalue weighted by atomic mass is 9.74. The molecule has 0 aromatic heterocycles. The summed E-state index contributed by atoms with van der Waals surface area (Å²) in [5.74, 6) is -4.30. The number of fused-ring (bicyclic) bond motifs is 1. The molecule has 19 nitrogen and oxygen atoms in total. The lowest BCUT2D eigenvalue weighted by Gasteiger charge is -2.50. The highest BCUT2D eigenvalue weighted by Gasteiger charge is 2.54. The molecule has 0 aliphatic carbocycles. The molecular weight excluding hydrogens is 1000 g/mol. The van der Waals surface area contributed by atoms with Gasteiger partial charge in [0.05, 0.1) is 59.1 Å². The highest BCUT2D eigenvalue weighted by Crippen LogP contribution is 2.42. The normalized spacial score (nSPS) is 38.1. The topological polar surface area (TPSA) is 242 Å². The van der Waals surface area contributed by atoms with Gasteiger partial charge in [-0.2, -0.15) is 0 Å². The summed E-state index contributed by atoms with van der Waals surface area (Å²) < 4.78 is 79.8.